The summed E-state index contributed by atoms with van der Waals surface area (Å²) in [6.45, 7) is 0. The van der Waals surface area contributed by atoms with Crippen molar-refractivity contribution in [1.29, 1.82) is 0 Å². The van der Waals surface area contributed by atoms with Crippen LogP contribution in [0, 0.1) is 0 Å². The fourth-order valence-electron chi connectivity index (χ4n) is 4.99. The Morgan fingerprint density at radius 3 is 0.971 bits per heavy atom. The standard InChI is InChI=1S/C33H26O/c34-32(31(26-16-6-1-7-17-26)27-18-8-2-9-19-27)33(28-20-10-3-11-21-28,29-22-12-4-13-23-29)30-24-14-5-15-25-30/h1-25,31H. The molecule has 0 fully saturated rings. The van der Waals surface area contributed by atoms with Crippen LogP contribution in [0.4, 0.5) is 0 Å². The number of carbonyl (C=O) groups is 1. The van der Waals surface area contributed by atoms with Crippen molar-refractivity contribution in [2.75, 3.05) is 0 Å². The highest BCUT2D eigenvalue weighted by molar-refractivity contribution is 6.03. The molecule has 164 valence electrons. The SMILES string of the molecule is O=C(C(c1ccccc1)c1ccccc1)C(c1ccccc1)(c1ccccc1)c1ccccc1. The van der Waals surface area contributed by atoms with Gasteiger partial charge in [0.15, 0.2) is 5.78 Å². The Hall–Kier alpha value is -4.23. The van der Waals surface area contributed by atoms with Crippen molar-refractivity contribution in [3.05, 3.63) is 179 Å². The van der Waals surface area contributed by atoms with E-state index in [1.807, 2.05) is 91.0 Å². The van der Waals surface area contributed by atoms with Crippen molar-refractivity contribution in [2.45, 2.75) is 11.3 Å². The first-order valence-corrected chi connectivity index (χ1v) is 11.6. The van der Waals surface area contributed by atoms with E-state index in [0.717, 1.165) is 27.8 Å². The molecule has 0 unspecified atom stereocenters. The van der Waals surface area contributed by atoms with Crippen LogP contribution in [0.3, 0.4) is 0 Å². The van der Waals surface area contributed by atoms with E-state index in [1.165, 1.54) is 0 Å². The Kier molecular flexibility index (Phi) is 6.18. The molecule has 5 aromatic carbocycles. The third kappa shape index (κ3) is 3.86. The van der Waals surface area contributed by atoms with Gasteiger partial charge in [0, 0.05) is 0 Å². The van der Waals surface area contributed by atoms with E-state index in [-0.39, 0.29) is 5.78 Å². The van der Waals surface area contributed by atoms with Crippen molar-refractivity contribution >= 4 is 5.78 Å². The minimum Gasteiger partial charge on any atom is -0.297 e. The molecule has 0 heterocycles. The van der Waals surface area contributed by atoms with Crippen LogP contribution in [-0.4, -0.2) is 5.78 Å². The fraction of sp³-hybridized carbons (Fsp3) is 0.0606. The van der Waals surface area contributed by atoms with Crippen LogP contribution < -0.4 is 0 Å². The van der Waals surface area contributed by atoms with Crippen LogP contribution >= 0.6 is 0 Å². The molecule has 5 aromatic rings. The molecular formula is C33H26O. The molecule has 0 radical (unpaired) electrons. The molecule has 0 aliphatic rings. The Morgan fingerprint density at radius 2 is 0.676 bits per heavy atom. The summed E-state index contributed by atoms with van der Waals surface area (Å²) >= 11 is 0. The summed E-state index contributed by atoms with van der Waals surface area (Å²) in [4.78, 5) is 15.2. The summed E-state index contributed by atoms with van der Waals surface area (Å²) in [5.41, 5.74) is 3.91. The van der Waals surface area contributed by atoms with Crippen molar-refractivity contribution in [2.24, 2.45) is 0 Å². The summed E-state index contributed by atoms with van der Waals surface area (Å²) < 4.78 is 0. The van der Waals surface area contributed by atoms with Gasteiger partial charge in [-0.05, 0) is 27.8 Å². The minimum absolute atomic E-state index is 0.133. The summed E-state index contributed by atoms with van der Waals surface area (Å²) in [7, 11) is 0. The highest BCUT2D eigenvalue weighted by Gasteiger charge is 2.47. The predicted molar refractivity (Wildman–Crippen MR) is 139 cm³/mol. The maximum absolute atomic E-state index is 15.2. The molecule has 0 bridgehead atoms. The van der Waals surface area contributed by atoms with Gasteiger partial charge in [-0.15, -0.1) is 0 Å². The van der Waals surface area contributed by atoms with E-state index < -0.39 is 11.3 Å². The Morgan fingerprint density at radius 1 is 0.412 bits per heavy atom. The Bertz CT molecular complexity index is 1190. The lowest BCUT2D eigenvalue weighted by molar-refractivity contribution is -0.122. The van der Waals surface area contributed by atoms with Crippen LogP contribution in [0.25, 0.3) is 0 Å². The molecule has 0 spiro atoms. The largest absolute Gasteiger partial charge is 0.297 e. The van der Waals surface area contributed by atoms with Crippen molar-refractivity contribution < 1.29 is 4.79 Å². The average molecular weight is 439 g/mol. The van der Waals surface area contributed by atoms with Crippen LogP contribution in [0.5, 0.6) is 0 Å². The lowest BCUT2D eigenvalue weighted by Crippen LogP contribution is -2.42. The topological polar surface area (TPSA) is 17.1 Å². The third-order valence-electron chi connectivity index (χ3n) is 6.52. The number of ketones is 1. The molecule has 0 saturated heterocycles. The van der Waals surface area contributed by atoms with Gasteiger partial charge in [-0.1, -0.05) is 152 Å². The van der Waals surface area contributed by atoms with E-state index in [1.54, 1.807) is 0 Å². The first-order valence-electron chi connectivity index (χ1n) is 11.6. The number of Topliss-reactive ketones (excluding diaryl/α,β-unsaturated/α-hetero) is 1. The van der Waals surface area contributed by atoms with Crippen LogP contribution in [0.15, 0.2) is 152 Å². The van der Waals surface area contributed by atoms with Crippen LogP contribution in [0.1, 0.15) is 33.7 Å². The van der Waals surface area contributed by atoms with Crippen LogP contribution in [0.2, 0.25) is 0 Å². The summed E-state index contributed by atoms with van der Waals surface area (Å²) in [5.74, 6) is -0.295. The number of hydrogen-bond acceptors (Lipinski definition) is 1. The molecule has 1 nitrogen and oxygen atoms in total. The number of hydrogen-bond donors (Lipinski definition) is 0. The molecule has 0 aliphatic heterocycles. The smallest absolute Gasteiger partial charge is 0.164 e. The summed E-state index contributed by atoms with van der Waals surface area (Å²) in [6, 6.07) is 50.8. The molecule has 34 heavy (non-hydrogen) atoms. The van der Waals surface area contributed by atoms with E-state index in [0.29, 0.717) is 0 Å². The van der Waals surface area contributed by atoms with Gasteiger partial charge in [0.05, 0.1) is 5.92 Å². The van der Waals surface area contributed by atoms with Gasteiger partial charge >= 0.3 is 0 Å². The number of benzene rings is 5. The van der Waals surface area contributed by atoms with E-state index in [2.05, 4.69) is 60.7 Å². The van der Waals surface area contributed by atoms with Gasteiger partial charge in [0.1, 0.15) is 5.41 Å². The fourth-order valence-corrected chi connectivity index (χ4v) is 4.99. The molecule has 0 saturated carbocycles. The van der Waals surface area contributed by atoms with Gasteiger partial charge in [-0.3, -0.25) is 4.79 Å². The molecule has 0 atom stereocenters. The molecule has 0 N–H and O–H groups in total. The zero-order valence-electron chi connectivity index (χ0n) is 18.9. The lowest BCUT2D eigenvalue weighted by atomic mass is 9.62. The zero-order valence-corrected chi connectivity index (χ0v) is 18.9. The monoisotopic (exact) mass is 438 g/mol. The van der Waals surface area contributed by atoms with Gasteiger partial charge in [0.2, 0.25) is 0 Å². The Labute approximate surface area is 201 Å². The van der Waals surface area contributed by atoms with Crippen molar-refractivity contribution in [3.8, 4) is 0 Å². The highest BCUT2D eigenvalue weighted by atomic mass is 16.1. The minimum atomic E-state index is -0.972. The molecule has 5 rings (SSSR count). The second-order valence-corrected chi connectivity index (χ2v) is 8.47. The molecule has 0 amide bonds. The second-order valence-electron chi connectivity index (χ2n) is 8.47. The maximum Gasteiger partial charge on any atom is 0.164 e. The summed E-state index contributed by atoms with van der Waals surface area (Å²) in [6.07, 6.45) is 0. The Balaban J connectivity index is 1.85. The average Bonchev–Trinajstić information content (AvgIpc) is 2.92. The quantitative estimate of drug-likeness (QED) is 0.242. The van der Waals surface area contributed by atoms with Gasteiger partial charge in [-0.25, -0.2) is 0 Å². The zero-order chi connectivity index (χ0) is 23.2. The van der Waals surface area contributed by atoms with Gasteiger partial charge in [0.25, 0.3) is 0 Å². The van der Waals surface area contributed by atoms with E-state index >= 15 is 4.79 Å². The third-order valence-corrected chi connectivity index (χ3v) is 6.52. The normalized spacial score (nSPS) is 11.3. The van der Waals surface area contributed by atoms with Crippen molar-refractivity contribution in [1.82, 2.24) is 0 Å². The second kappa shape index (κ2) is 9.72. The van der Waals surface area contributed by atoms with E-state index in [4.69, 9.17) is 0 Å². The van der Waals surface area contributed by atoms with E-state index in [9.17, 15) is 0 Å². The first kappa shape index (κ1) is 21.6. The van der Waals surface area contributed by atoms with Gasteiger partial charge < -0.3 is 0 Å². The number of carbonyl (C=O) groups excluding carboxylic acids is 1. The van der Waals surface area contributed by atoms with Crippen molar-refractivity contribution in [3.63, 3.8) is 0 Å². The molecule has 1 heteroatoms. The molecular weight excluding hydrogens is 412 g/mol. The van der Waals surface area contributed by atoms with Gasteiger partial charge in [-0.2, -0.15) is 0 Å². The number of rotatable bonds is 7. The molecule has 0 aliphatic carbocycles. The first-order chi connectivity index (χ1) is 16.8. The predicted octanol–water partition coefficient (Wildman–Crippen LogP) is 7.42. The van der Waals surface area contributed by atoms with Crippen LogP contribution in [-0.2, 0) is 10.2 Å². The highest BCUT2D eigenvalue weighted by Crippen LogP contribution is 2.45. The maximum atomic E-state index is 15.2. The summed E-state index contributed by atoms with van der Waals surface area (Å²) in [5, 5.41) is 0. The lowest BCUT2D eigenvalue weighted by Gasteiger charge is -2.37. The molecule has 0 aromatic heterocycles.